The predicted molar refractivity (Wildman–Crippen MR) is 136 cm³/mol. The van der Waals surface area contributed by atoms with Crippen molar-refractivity contribution in [2.75, 3.05) is 27.4 Å². The van der Waals surface area contributed by atoms with Crippen molar-refractivity contribution < 1.29 is 9.53 Å². The molecule has 0 saturated heterocycles. The molecule has 33 heavy (non-hydrogen) atoms. The number of benzene rings is 2. The van der Waals surface area contributed by atoms with E-state index in [4.69, 9.17) is 27.9 Å². The van der Waals surface area contributed by atoms with Crippen molar-refractivity contribution in [3.05, 3.63) is 88.4 Å². The van der Waals surface area contributed by atoms with Crippen molar-refractivity contribution in [1.29, 1.82) is 0 Å². The third-order valence-electron chi connectivity index (χ3n) is 4.86. The van der Waals surface area contributed by atoms with Crippen molar-refractivity contribution in [3.8, 4) is 5.75 Å². The average Bonchev–Trinajstić information content (AvgIpc) is 2.81. The normalized spacial score (nSPS) is 11.3. The lowest BCUT2D eigenvalue weighted by Gasteiger charge is -2.32. The molecule has 0 aliphatic heterocycles. The zero-order valence-electron chi connectivity index (χ0n) is 19.3. The topological polar surface area (TPSA) is 48.4 Å². The number of likely N-dealkylation sites (N-methyl/N-ethyl adjacent to an activating group) is 1. The van der Waals surface area contributed by atoms with Gasteiger partial charge in [0.25, 0.3) is 5.91 Å². The maximum absolute atomic E-state index is 13.6. The third-order valence-corrected chi connectivity index (χ3v) is 5.35. The molecule has 0 unspecified atom stereocenters. The number of rotatable bonds is 12. The summed E-state index contributed by atoms with van der Waals surface area (Å²) in [5.74, 6) is 0.765. The fourth-order valence-electron chi connectivity index (χ4n) is 3.14. The van der Waals surface area contributed by atoms with Crippen molar-refractivity contribution in [1.82, 2.24) is 14.7 Å². The summed E-state index contributed by atoms with van der Waals surface area (Å²) in [4.78, 5) is 22.9. The van der Waals surface area contributed by atoms with Crippen LogP contribution >= 0.6 is 23.2 Å². The van der Waals surface area contributed by atoms with Crippen LogP contribution in [0.25, 0.3) is 0 Å². The van der Waals surface area contributed by atoms with Crippen molar-refractivity contribution >= 4 is 35.8 Å². The number of hydrogen-bond donors (Lipinski definition) is 0. The maximum atomic E-state index is 13.6. The molecule has 8 heteroatoms. The van der Waals surface area contributed by atoms with Crippen LogP contribution in [0.5, 0.6) is 5.75 Å². The molecule has 0 saturated carbocycles. The number of amides is 1. The van der Waals surface area contributed by atoms with E-state index in [0.717, 1.165) is 12.0 Å². The first kappa shape index (κ1) is 26.3. The lowest BCUT2D eigenvalue weighted by molar-refractivity contribution is -0.128. The van der Waals surface area contributed by atoms with Gasteiger partial charge in [-0.05, 0) is 55.2 Å². The molecular formula is C25H30Cl2N4O2. The van der Waals surface area contributed by atoms with Gasteiger partial charge in [0.15, 0.2) is 12.6 Å². The van der Waals surface area contributed by atoms with Crippen LogP contribution in [0.1, 0.15) is 18.9 Å². The smallest absolute Gasteiger partial charge is 0.273 e. The first-order valence-electron chi connectivity index (χ1n) is 10.5. The highest BCUT2D eigenvalue weighted by Crippen LogP contribution is 2.23. The second-order valence-electron chi connectivity index (χ2n) is 7.41. The Morgan fingerprint density at radius 3 is 2.39 bits per heavy atom. The van der Waals surface area contributed by atoms with Gasteiger partial charge in [-0.2, -0.15) is 0 Å². The quantitative estimate of drug-likeness (QED) is 0.220. The van der Waals surface area contributed by atoms with Gasteiger partial charge in [0, 0.05) is 37.2 Å². The van der Waals surface area contributed by atoms with Gasteiger partial charge in [0.2, 0.25) is 0 Å². The number of ether oxygens (including phenoxy) is 1. The molecule has 0 atom stereocenters. The summed E-state index contributed by atoms with van der Waals surface area (Å²) in [7, 11) is 3.53. The van der Waals surface area contributed by atoms with Gasteiger partial charge < -0.3 is 19.4 Å². The Morgan fingerprint density at radius 2 is 1.82 bits per heavy atom. The summed E-state index contributed by atoms with van der Waals surface area (Å²) >= 11 is 12.2. The van der Waals surface area contributed by atoms with Crippen molar-refractivity contribution in [2.45, 2.75) is 19.9 Å². The van der Waals surface area contributed by atoms with Crippen LogP contribution in [0.2, 0.25) is 10.0 Å². The van der Waals surface area contributed by atoms with E-state index in [2.05, 4.69) is 18.3 Å². The molecule has 0 aliphatic rings. The van der Waals surface area contributed by atoms with E-state index in [1.165, 1.54) is 0 Å². The van der Waals surface area contributed by atoms with E-state index in [9.17, 15) is 4.79 Å². The van der Waals surface area contributed by atoms with E-state index in [1.807, 2.05) is 42.2 Å². The van der Waals surface area contributed by atoms with Crippen LogP contribution in [0.15, 0.2) is 77.8 Å². The Hall–Kier alpha value is -2.96. The van der Waals surface area contributed by atoms with Gasteiger partial charge in [0.05, 0.1) is 0 Å². The Kier molecular flexibility index (Phi) is 10.3. The molecule has 0 heterocycles. The second-order valence-corrected chi connectivity index (χ2v) is 8.28. The number of carbonyl (C=O) groups excluding carboxylic acids is 1. The Bertz CT molecular complexity index is 992. The molecule has 0 bridgehead atoms. The molecule has 0 spiro atoms. The fourth-order valence-corrected chi connectivity index (χ4v) is 3.44. The molecular weight excluding hydrogens is 459 g/mol. The number of carbonyl (C=O) groups is 1. The van der Waals surface area contributed by atoms with E-state index >= 15 is 0 Å². The molecule has 0 N–H and O–H groups in total. The molecule has 2 rings (SSSR count). The average molecular weight is 489 g/mol. The summed E-state index contributed by atoms with van der Waals surface area (Å²) in [6.07, 6.45) is 2.40. The third kappa shape index (κ3) is 7.55. The number of aliphatic imine (C=N–C) groups is 1. The minimum Gasteiger partial charge on any atom is -0.473 e. The minimum absolute atomic E-state index is 0.0774. The zero-order valence-corrected chi connectivity index (χ0v) is 20.8. The van der Waals surface area contributed by atoms with Crippen molar-refractivity contribution in [3.63, 3.8) is 0 Å². The second kappa shape index (κ2) is 12.9. The van der Waals surface area contributed by atoms with E-state index in [0.29, 0.717) is 40.4 Å². The van der Waals surface area contributed by atoms with Gasteiger partial charge in [0.1, 0.15) is 11.4 Å². The summed E-state index contributed by atoms with van der Waals surface area (Å²) in [5, 5.41) is 1.20. The molecule has 0 fully saturated rings. The van der Waals surface area contributed by atoms with Gasteiger partial charge in [-0.15, -0.1) is 0 Å². The van der Waals surface area contributed by atoms with Crippen LogP contribution in [0, 0.1) is 0 Å². The van der Waals surface area contributed by atoms with E-state index in [1.54, 1.807) is 48.3 Å². The van der Waals surface area contributed by atoms with E-state index in [-0.39, 0.29) is 12.6 Å². The Balaban J connectivity index is 2.54. The molecule has 2 aromatic rings. The fraction of sp³-hybridized carbons (Fsp3) is 0.280. The van der Waals surface area contributed by atoms with E-state index < -0.39 is 0 Å². The maximum Gasteiger partial charge on any atom is 0.273 e. The van der Waals surface area contributed by atoms with Crippen LogP contribution in [0.4, 0.5) is 0 Å². The summed E-state index contributed by atoms with van der Waals surface area (Å²) < 4.78 is 6.03. The van der Waals surface area contributed by atoms with Gasteiger partial charge in [-0.3, -0.25) is 4.79 Å². The lowest BCUT2D eigenvalue weighted by Crippen LogP contribution is -2.40. The molecule has 0 aliphatic carbocycles. The van der Waals surface area contributed by atoms with Crippen LogP contribution in [-0.2, 0) is 11.3 Å². The Morgan fingerprint density at radius 1 is 1.12 bits per heavy atom. The number of nitrogens with zero attached hydrogens (tertiary/aromatic N) is 4. The molecule has 2 aromatic carbocycles. The monoisotopic (exact) mass is 488 g/mol. The minimum atomic E-state index is -0.198. The highest BCUT2D eigenvalue weighted by atomic mass is 35.5. The Labute approximate surface area is 206 Å². The van der Waals surface area contributed by atoms with Gasteiger partial charge in [-0.1, -0.05) is 54.9 Å². The predicted octanol–water partition coefficient (Wildman–Crippen LogP) is 5.65. The standard InChI is InChI=1S/C25H30Cl2N4O2/c1-6-15-30(5)25(32)23(24(28-3)29(4)7-2)31(17-19-11-13-20(26)14-12-19)18-33-22-10-8-9-21(27)16-22/h7-14,16H,2-3,6,15,17-18H2,1,4-5H3/b24-23+. The summed E-state index contributed by atoms with van der Waals surface area (Å²) in [6, 6.07) is 14.5. The summed E-state index contributed by atoms with van der Waals surface area (Å²) in [6.45, 7) is 10.6. The first-order valence-corrected chi connectivity index (χ1v) is 11.3. The molecule has 0 aromatic heterocycles. The number of halogens is 2. The van der Waals surface area contributed by atoms with Crippen molar-refractivity contribution in [2.24, 2.45) is 4.99 Å². The van der Waals surface area contributed by atoms with Gasteiger partial charge >= 0.3 is 0 Å². The highest BCUT2D eigenvalue weighted by Gasteiger charge is 2.27. The zero-order chi connectivity index (χ0) is 24.4. The lowest BCUT2D eigenvalue weighted by atomic mass is 10.2. The van der Waals surface area contributed by atoms with Gasteiger partial charge in [-0.25, -0.2) is 4.99 Å². The SMILES string of the molecule is C=CN(C)/C(N=C)=C(\C(=O)N(C)CCC)N(COc1cccc(Cl)c1)Cc1ccc(Cl)cc1. The summed E-state index contributed by atoms with van der Waals surface area (Å²) in [5.41, 5.74) is 1.29. The molecule has 0 radical (unpaired) electrons. The van der Waals surface area contributed by atoms with Crippen LogP contribution < -0.4 is 4.74 Å². The van der Waals surface area contributed by atoms with Crippen LogP contribution in [0.3, 0.4) is 0 Å². The van der Waals surface area contributed by atoms with Crippen LogP contribution in [-0.4, -0.2) is 54.7 Å². The molecule has 176 valence electrons. The molecule has 6 nitrogen and oxygen atoms in total. The number of hydrogen-bond acceptors (Lipinski definition) is 5. The first-order chi connectivity index (χ1) is 15.8. The largest absolute Gasteiger partial charge is 0.473 e. The highest BCUT2D eigenvalue weighted by molar-refractivity contribution is 6.30. The molecule has 1 amide bonds.